The summed E-state index contributed by atoms with van der Waals surface area (Å²) in [6, 6.07) is 5.59. The van der Waals surface area contributed by atoms with E-state index in [9.17, 15) is 4.79 Å². The summed E-state index contributed by atoms with van der Waals surface area (Å²) in [5.74, 6) is 0.847. The van der Waals surface area contributed by atoms with Gasteiger partial charge in [-0.25, -0.2) is 0 Å². The van der Waals surface area contributed by atoms with E-state index in [0.29, 0.717) is 23.8 Å². The minimum atomic E-state index is 0. The number of benzene rings is 1. The second-order valence-electron chi connectivity index (χ2n) is 4.81. The van der Waals surface area contributed by atoms with Gasteiger partial charge in [0, 0.05) is 30.7 Å². The van der Waals surface area contributed by atoms with Crippen molar-refractivity contribution in [2.24, 2.45) is 0 Å². The molecule has 0 bridgehead atoms. The lowest BCUT2D eigenvalue weighted by molar-refractivity contribution is -0.134. The maximum Gasteiger partial charge on any atom is 0.226 e. The first kappa shape index (κ1) is 18.6. The number of hydrogen-bond donors (Lipinski definition) is 1. The van der Waals surface area contributed by atoms with Gasteiger partial charge >= 0.3 is 0 Å². The standard InChI is InChI=1S/C14H18BrClN2O2.ClH/c1-10-9-17-5-6-18(10)14(19)4-7-20-13-3-2-11(16)8-12(13)15;/h2-3,8,10,17H,4-7,9H2,1H3;1H/t10-;/m1./s1. The average Bonchev–Trinajstić information content (AvgIpc) is 2.41. The molecule has 1 atom stereocenters. The lowest BCUT2D eigenvalue weighted by Gasteiger charge is -2.34. The average molecular weight is 398 g/mol. The fraction of sp³-hybridized carbons (Fsp3) is 0.500. The first-order valence-corrected chi connectivity index (χ1v) is 7.83. The first-order chi connectivity index (χ1) is 9.58. The van der Waals surface area contributed by atoms with Crippen molar-refractivity contribution in [3.63, 3.8) is 0 Å². The zero-order valence-electron chi connectivity index (χ0n) is 11.8. The van der Waals surface area contributed by atoms with Crippen LogP contribution >= 0.6 is 39.9 Å². The van der Waals surface area contributed by atoms with E-state index < -0.39 is 0 Å². The second-order valence-corrected chi connectivity index (χ2v) is 6.10. The Morgan fingerprint density at radius 2 is 2.33 bits per heavy atom. The maximum atomic E-state index is 12.1. The Morgan fingerprint density at radius 1 is 1.57 bits per heavy atom. The molecule has 118 valence electrons. The molecule has 0 unspecified atom stereocenters. The molecule has 2 rings (SSSR count). The largest absolute Gasteiger partial charge is 0.492 e. The SMILES string of the molecule is C[C@@H]1CNCCN1C(=O)CCOc1ccc(Cl)cc1Br.Cl. The van der Waals surface area contributed by atoms with Gasteiger partial charge in [-0.3, -0.25) is 4.79 Å². The summed E-state index contributed by atoms with van der Waals surface area (Å²) in [5.41, 5.74) is 0. The van der Waals surface area contributed by atoms with Crippen molar-refractivity contribution in [2.75, 3.05) is 26.2 Å². The van der Waals surface area contributed by atoms with Crippen molar-refractivity contribution in [1.29, 1.82) is 0 Å². The molecule has 0 saturated carbocycles. The van der Waals surface area contributed by atoms with Gasteiger partial charge in [-0.05, 0) is 41.1 Å². The van der Waals surface area contributed by atoms with Crippen LogP contribution in [0, 0.1) is 0 Å². The van der Waals surface area contributed by atoms with Gasteiger partial charge in [-0.2, -0.15) is 0 Å². The molecule has 1 aromatic rings. The third-order valence-corrected chi connectivity index (χ3v) is 4.14. The van der Waals surface area contributed by atoms with E-state index in [4.69, 9.17) is 16.3 Å². The number of amides is 1. The predicted octanol–water partition coefficient (Wildman–Crippen LogP) is 3.11. The fourth-order valence-electron chi connectivity index (χ4n) is 2.20. The minimum absolute atomic E-state index is 0. The number of halogens is 3. The number of carbonyl (C=O) groups excluding carboxylic acids is 1. The van der Waals surface area contributed by atoms with Gasteiger partial charge in [0.1, 0.15) is 5.75 Å². The van der Waals surface area contributed by atoms with E-state index in [-0.39, 0.29) is 24.4 Å². The molecule has 0 aromatic heterocycles. The topological polar surface area (TPSA) is 41.6 Å². The summed E-state index contributed by atoms with van der Waals surface area (Å²) < 4.78 is 6.42. The Balaban J connectivity index is 0.00000220. The zero-order chi connectivity index (χ0) is 14.5. The summed E-state index contributed by atoms with van der Waals surface area (Å²) >= 11 is 9.25. The second kappa shape index (κ2) is 8.83. The smallest absolute Gasteiger partial charge is 0.226 e. The Labute approximate surface area is 144 Å². The van der Waals surface area contributed by atoms with E-state index >= 15 is 0 Å². The van der Waals surface area contributed by atoms with Crippen molar-refractivity contribution >= 4 is 45.8 Å². The van der Waals surface area contributed by atoms with Crippen molar-refractivity contribution < 1.29 is 9.53 Å². The molecule has 21 heavy (non-hydrogen) atoms. The van der Waals surface area contributed by atoms with E-state index in [1.165, 1.54) is 0 Å². The van der Waals surface area contributed by atoms with E-state index in [1.807, 2.05) is 4.90 Å². The molecule has 0 radical (unpaired) electrons. The van der Waals surface area contributed by atoms with Crippen LogP contribution in [0.5, 0.6) is 5.75 Å². The number of piperazine rings is 1. The third kappa shape index (κ3) is 5.33. The monoisotopic (exact) mass is 396 g/mol. The third-order valence-electron chi connectivity index (χ3n) is 3.29. The number of ether oxygens (including phenoxy) is 1. The number of carbonyl (C=O) groups is 1. The quantitative estimate of drug-likeness (QED) is 0.848. The highest BCUT2D eigenvalue weighted by Crippen LogP contribution is 2.28. The van der Waals surface area contributed by atoms with E-state index in [0.717, 1.165) is 24.1 Å². The van der Waals surface area contributed by atoms with Gasteiger partial charge in [-0.1, -0.05) is 11.6 Å². The van der Waals surface area contributed by atoms with Crippen molar-refractivity contribution in [1.82, 2.24) is 10.2 Å². The van der Waals surface area contributed by atoms with Crippen molar-refractivity contribution in [2.45, 2.75) is 19.4 Å². The summed E-state index contributed by atoms with van der Waals surface area (Å²) in [7, 11) is 0. The Bertz CT molecular complexity index is 488. The highest BCUT2D eigenvalue weighted by molar-refractivity contribution is 9.10. The van der Waals surface area contributed by atoms with Gasteiger partial charge < -0.3 is 15.0 Å². The molecule has 1 aromatic carbocycles. The van der Waals surface area contributed by atoms with Crippen LogP contribution in [-0.2, 0) is 4.79 Å². The summed E-state index contributed by atoms with van der Waals surface area (Å²) in [5, 5.41) is 3.92. The zero-order valence-corrected chi connectivity index (χ0v) is 14.9. The number of nitrogens with zero attached hydrogens (tertiary/aromatic N) is 1. The Morgan fingerprint density at radius 3 is 3.00 bits per heavy atom. The molecular formula is C14H19BrCl2N2O2. The fourth-order valence-corrected chi connectivity index (χ4v) is 2.99. The normalized spacial score (nSPS) is 18.0. The van der Waals surface area contributed by atoms with Gasteiger partial charge in [0.05, 0.1) is 17.5 Å². The Hall–Kier alpha value is -0.490. The first-order valence-electron chi connectivity index (χ1n) is 6.66. The summed E-state index contributed by atoms with van der Waals surface area (Å²) in [4.78, 5) is 14.0. The summed E-state index contributed by atoms with van der Waals surface area (Å²) in [6.07, 6.45) is 0.388. The molecule has 1 aliphatic heterocycles. The van der Waals surface area contributed by atoms with Crippen molar-refractivity contribution in [3.8, 4) is 5.75 Å². The number of nitrogens with one attached hydrogen (secondary N) is 1. The molecule has 0 aliphatic carbocycles. The van der Waals surface area contributed by atoms with Crippen LogP contribution in [0.4, 0.5) is 0 Å². The van der Waals surface area contributed by atoms with Gasteiger partial charge in [-0.15, -0.1) is 12.4 Å². The van der Waals surface area contributed by atoms with Crippen LogP contribution in [-0.4, -0.2) is 43.1 Å². The van der Waals surface area contributed by atoms with Gasteiger partial charge in [0.25, 0.3) is 0 Å². The molecule has 1 fully saturated rings. The molecule has 1 heterocycles. The minimum Gasteiger partial charge on any atom is -0.492 e. The predicted molar refractivity (Wildman–Crippen MR) is 90.6 cm³/mol. The van der Waals surface area contributed by atoms with Gasteiger partial charge in [0.2, 0.25) is 5.91 Å². The molecule has 0 spiro atoms. The molecule has 4 nitrogen and oxygen atoms in total. The highest BCUT2D eigenvalue weighted by Gasteiger charge is 2.22. The molecule has 7 heteroatoms. The number of hydrogen-bond acceptors (Lipinski definition) is 3. The number of rotatable bonds is 4. The van der Waals surface area contributed by atoms with Crippen LogP contribution in [0.25, 0.3) is 0 Å². The lowest BCUT2D eigenvalue weighted by atomic mass is 10.2. The van der Waals surface area contributed by atoms with Crippen LogP contribution in [0.2, 0.25) is 5.02 Å². The maximum absolute atomic E-state index is 12.1. The lowest BCUT2D eigenvalue weighted by Crippen LogP contribution is -2.52. The molecule has 1 amide bonds. The highest BCUT2D eigenvalue weighted by atomic mass is 79.9. The molecule has 1 N–H and O–H groups in total. The molecular weight excluding hydrogens is 379 g/mol. The molecule has 1 saturated heterocycles. The Kier molecular flexibility index (Phi) is 7.81. The van der Waals surface area contributed by atoms with E-state index in [1.54, 1.807) is 18.2 Å². The van der Waals surface area contributed by atoms with Gasteiger partial charge in [0.15, 0.2) is 0 Å². The summed E-state index contributed by atoms with van der Waals surface area (Å²) in [6.45, 7) is 4.91. The molecule has 1 aliphatic rings. The van der Waals surface area contributed by atoms with E-state index in [2.05, 4.69) is 28.2 Å². The van der Waals surface area contributed by atoms with Crippen molar-refractivity contribution in [3.05, 3.63) is 27.7 Å². The van der Waals surface area contributed by atoms with Crippen LogP contribution < -0.4 is 10.1 Å². The van der Waals surface area contributed by atoms with Crippen LogP contribution in [0.15, 0.2) is 22.7 Å². The van der Waals surface area contributed by atoms with Crippen LogP contribution in [0.1, 0.15) is 13.3 Å². The van der Waals surface area contributed by atoms with Crippen LogP contribution in [0.3, 0.4) is 0 Å².